The van der Waals surface area contributed by atoms with Crippen LogP contribution in [0.4, 0.5) is 0 Å². The van der Waals surface area contributed by atoms with Crippen molar-refractivity contribution in [2.75, 3.05) is 30.1 Å². The van der Waals surface area contributed by atoms with Crippen LogP contribution in [0, 0.1) is 0 Å². The minimum Gasteiger partial charge on any atom is -0.548 e. The van der Waals surface area contributed by atoms with E-state index in [0.717, 1.165) is 16.7 Å². The third-order valence-electron chi connectivity index (χ3n) is 4.74. The Labute approximate surface area is 256 Å². The smallest absolute Gasteiger partial charge is 0.548 e. The molecule has 2 aliphatic rings. The van der Waals surface area contributed by atoms with Gasteiger partial charge in [-0.15, -0.1) is 16.9 Å². The van der Waals surface area contributed by atoms with Gasteiger partial charge >= 0.3 is 59.1 Å². The van der Waals surface area contributed by atoms with Crippen molar-refractivity contribution in [3.63, 3.8) is 0 Å². The molecule has 35 heavy (non-hydrogen) atoms. The van der Waals surface area contributed by atoms with Crippen molar-refractivity contribution in [3.8, 4) is 0 Å². The van der Waals surface area contributed by atoms with Gasteiger partial charge < -0.3 is 35.6 Å². The number of nitrogens with one attached hydrogen (secondary N) is 1. The molecule has 2 aliphatic heterocycles. The zero-order chi connectivity index (χ0) is 24.3. The van der Waals surface area contributed by atoms with E-state index in [4.69, 9.17) is 10.5 Å². The van der Waals surface area contributed by atoms with Crippen LogP contribution in [0.3, 0.4) is 0 Å². The predicted octanol–water partition coefficient (Wildman–Crippen LogP) is -10.5. The number of β-lactam (4-membered cyclic amide) rings is 1. The molecule has 3 atom stereocenters. The van der Waals surface area contributed by atoms with E-state index in [9.17, 15) is 29.4 Å². The second kappa shape index (κ2) is 14.0. The van der Waals surface area contributed by atoms with E-state index in [1.165, 1.54) is 35.3 Å². The Bertz CT molecular complexity index is 1010. The molecular weight excluding hydrogens is 544 g/mol. The van der Waals surface area contributed by atoms with Crippen LogP contribution in [0.25, 0.3) is 0 Å². The fourth-order valence-electron chi connectivity index (χ4n) is 3.13. The average molecular weight is 564 g/mol. The fraction of sp³-hybridized carbons (Fsp3) is 0.562. The first kappa shape index (κ1) is 32.7. The molecule has 1 aromatic heterocycles. The summed E-state index contributed by atoms with van der Waals surface area (Å²) in [6.45, 7) is 0. The number of carboxylic acid groups (broad SMARTS) is 2. The summed E-state index contributed by atoms with van der Waals surface area (Å²) in [6.07, 6.45) is 0. The largest absolute Gasteiger partial charge is 1.00 e. The number of tetrazole rings is 1. The molecule has 0 spiro atoms. The van der Waals surface area contributed by atoms with Gasteiger partial charge in [-0.05, 0) is 16.0 Å². The number of methoxy groups -OCH3 is 1. The number of hydrogen-bond acceptors (Lipinski definition) is 14. The summed E-state index contributed by atoms with van der Waals surface area (Å²) >= 11 is 3.38. The second-order valence-electron chi connectivity index (χ2n) is 6.88. The number of rotatable bonds is 11. The number of hydrogen-bond donors (Lipinski definition) is 2. The Balaban J connectivity index is 0.00000306. The van der Waals surface area contributed by atoms with Crippen LogP contribution in [-0.2, 0) is 31.0 Å². The first-order valence-corrected chi connectivity index (χ1v) is 12.5. The molecule has 14 nitrogen and oxygen atoms in total. The molecule has 0 aromatic carbocycles. The number of aryl methyl sites for hydroxylation is 1. The van der Waals surface area contributed by atoms with Crippen molar-refractivity contribution in [1.82, 2.24) is 30.4 Å². The van der Waals surface area contributed by atoms with Gasteiger partial charge in [0.25, 0.3) is 11.6 Å². The van der Waals surface area contributed by atoms with Crippen LogP contribution in [0.1, 0.15) is 0 Å². The van der Waals surface area contributed by atoms with Gasteiger partial charge in [0, 0.05) is 31.4 Å². The molecule has 3 rings (SSSR count). The quantitative estimate of drug-likeness (QED) is 0.111. The molecule has 0 bridgehead atoms. The number of amides is 2. The Hall–Kier alpha value is -0.340. The van der Waals surface area contributed by atoms with E-state index >= 15 is 0 Å². The molecule has 0 saturated carbocycles. The summed E-state index contributed by atoms with van der Waals surface area (Å²) in [6, 6.07) is -1.24. The molecule has 0 radical (unpaired) electrons. The maximum atomic E-state index is 13.0. The van der Waals surface area contributed by atoms with Gasteiger partial charge in [0.1, 0.15) is 5.37 Å². The number of aliphatic carboxylic acids is 2. The van der Waals surface area contributed by atoms with Crippen LogP contribution in [-0.4, -0.2) is 96.1 Å². The molecule has 0 unspecified atom stereocenters. The van der Waals surface area contributed by atoms with Crippen LogP contribution < -0.4 is 80.4 Å². The normalized spacial score (nSPS) is 21.7. The predicted molar refractivity (Wildman–Crippen MR) is 113 cm³/mol. The first-order valence-electron chi connectivity index (χ1n) is 9.26. The minimum atomic E-state index is -1.76. The van der Waals surface area contributed by atoms with Crippen molar-refractivity contribution < 1.29 is 93.2 Å². The number of carbonyl (C=O) groups is 4. The van der Waals surface area contributed by atoms with E-state index in [1.54, 1.807) is 7.05 Å². The van der Waals surface area contributed by atoms with Crippen molar-refractivity contribution in [2.45, 2.75) is 22.3 Å². The van der Waals surface area contributed by atoms with Gasteiger partial charge in [-0.25, -0.2) is 4.68 Å². The number of carbonyl (C=O) groups excluding carboxylic acids is 4. The van der Waals surface area contributed by atoms with Gasteiger partial charge in [0.2, 0.25) is 11.1 Å². The van der Waals surface area contributed by atoms with Gasteiger partial charge in [-0.1, -0.05) is 11.8 Å². The maximum absolute atomic E-state index is 13.0. The zero-order valence-corrected chi connectivity index (χ0v) is 25.8. The molecule has 2 amide bonds. The summed E-state index contributed by atoms with van der Waals surface area (Å²) in [7, 11) is 2.87. The number of nitrogens with zero attached hydrogens (tertiary/aromatic N) is 5. The number of carboxylic acids is 2. The fourth-order valence-corrected chi connectivity index (χ4v) is 6.32. The molecule has 180 valence electrons. The Morgan fingerprint density at radius 1 is 1.37 bits per heavy atom. The van der Waals surface area contributed by atoms with Crippen LogP contribution in [0.2, 0.25) is 0 Å². The number of fused-ring (bicyclic) bond motifs is 1. The summed E-state index contributed by atoms with van der Waals surface area (Å²) in [5.74, 6) is -4.12. The van der Waals surface area contributed by atoms with Crippen molar-refractivity contribution in [3.05, 3.63) is 11.3 Å². The van der Waals surface area contributed by atoms with Crippen LogP contribution in [0.5, 0.6) is 0 Å². The minimum absolute atomic E-state index is 0. The molecule has 3 N–H and O–H groups in total. The summed E-state index contributed by atoms with van der Waals surface area (Å²) in [5, 5.41) is 35.7. The Morgan fingerprint density at radius 3 is 2.60 bits per heavy atom. The molecule has 19 heteroatoms. The van der Waals surface area contributed by atoms with Crippen LogP contribution >= 0.6 is 35.3 Å². The summed E-state index contributed by atoms with van der Waals surface area (Å²) in [4.78, 5) is 48.9. The van der Waals surface area contributed by atoms with E-state index in [-0.39, 0.29) is 87.8 Å². The standard InChI is InChI=1S/C16H21N7O7S3.2Na/c1-22-15(19-20-21-22)33-4-7-3-32-14-16(30-2,13(29)23(14)10(7)12(27)28)18-9(24)6-31-5-8(17)11(25)26;;/h8,14H,3-6,17H2,1-2H3,(H,18,24)(H,25,26)(H,27,28);;/q;2*+1/p-2/t8-,14-,16+;;/m1../s1. The molecule has 1 saturated heterocycles. The van der Waals surface area contributed by atoms with E-state index in [0.29, 0.717) is 10.7 Å². The second-order valence-corrected chi connectivity index (χ2v) is 9.92. The van der Waals surface area contributed by atoms with Gasteiger partial charge in [0.05, 0.1) is 29.4 Å². The molecule has 3 heterocycles. The first-order chi connectivity index (χ1) is 15.6. The third kappa shape index (κ3) is 6.95. The maximum Gasteiger partial charge on any atom is 1.00 e. The van der Waals surface area contributed by atoms with Crippen molar-refractivity contribution >= 4 is 59.0 Å². The van der Waals surface area contributed by atoms with Crippen LogP contribution in [0.15, 0.2) is 16.4 Å². The monoisotopic (exact) mass is 563 g/mol. The van der Waals surface area contributed by atoms with E-state index in [1.807, 2.05) is 0 Å². The van der Waals surface area contributed by atoms with Crippen molar-refractivity contribution in [2.24, 2.45) is 12.8 Å². The molecule has 1 fully saturated rings. The third-order valence-corrected chi connectivity index (χ3v) is 8.27. The van der Waals surface area contributed by atoms with Crippen molar-refractivity contribution in [1.29, 1.82) is 0 Å². The van der Waals surface area contributed by atoms with Gasteiger partial charge in [-0.2, -0.15) is 11.8 Å². The van der Waals surface area contributed by atoms with E-state index < -0.39 is 40.9 Å². The molecule has 0 aliphatic carbocycles. The van der Waals surface area contributed by atoms with Gasteiger partial charge in [-0.3, -0.25) is 14.5 Å². The topological polar surface area (TPSA) is 209 Å². The number of thioether (sulfide) groups is 3. The molecule has 1 aromatic rings. The molecular formula is C16H19N7Na2O7S3. The van der Waals surface area contributed by atoms with E-state index in [2.05, 4.69) is 20.8 Å². The van der Waals surface area contributed by atoms with Gasteiger partial charge in [0.15, 0.2) is 0 Å². The number of nitrogens with two attached hydrogens (primary N) is 1. The SMILES string of the molecule is CO[C@@]1(NC(=O)CSC[C@@H](N)C(=O)[O-])C(=O)N2C(C(=O)[O-])=C(CSc3nnnn3C)CS[C@@H]21.[Na+].[Na+]. The summed E-state index contributed by atoms with van der Waals surface area (Å²) < 4.78 is 6.77. The Kier molecular flexibility index (Phi) is 13.1. The average Bonchev–Trinajstić information content (AvgIpc) is 3.19. The number of ether oxygens (including phenoxy) is 1. The summed E-state index contributed by atoms with van der Waals surface area (Å²) in [5.41, 5.74) is 3.75. The number of aromatic nitrogens is 4. The Morgan fingerprint density at radius 2 is 2.06 bits per heavy atom. The zero-order valence-electron chi connectivity index (χ0n) is 19.4.